The van der Waals surface area contributed by atoms with Gasteiger partial charge in [0.15, 0.2) is 0 Å². The molecule has 196 valence electrons. The second-order valence-electron chi connectivity index (χ2n) is 6.99. The van der Waals surface area contributed by atoms with Gasteiger partial charge in [0.25, 0.3) is 0 Å². The molecule has 3 heteroatoms. The minimum absolute atomic E-state index is 0.859. The van der Waals surface area contributed by atoms with Gasteiger partial charge in [0.05, 0.1) is 5.70 Å². The summed E-state index contributed by atoms with van der Waals surface area (Å²) in [5, 5.41) is 3.28. The topological polar surface area (TPSA) is 24.4 Å². The lowest BCUT2D eigenvalue weighted by Gasteiger charge is -2.08. The fraction of sp³-hybridized carbons (Fsp3) is 0.303. The first-order valence-electron chi connectivity index (χ1n) is 12.9. The smallest absolute Gasteiger partial charge is 0.0855 e. The van der Waals surface area contributed by atoms with Crippen LogP contribution in [0.5, 0.6) is 0 Å². The third-order valence-corrected chi connectivity index (χ3v) is 5.00. The summed E-state index contributed by atoms with van der Waals surface area (Å²) in [6, 6.07) is 8.21. The molecule has 0 heterocycles. The molecule has 1 N–H and O–H groups in total. The molecule has 0 saturated heterocycles. The Bertz CT molecular complexity index is 936. The first kappa shape index (κ1) is 35.3. The number of rotatable bonds is 9. The fourth-order valence-corrected chi connectivity index (χ4v) is 3.21. The van der Waals surface area contributed by atoms with E-state index in [-0.39, 0.29) is 0 Å². The van der Waals surface area contributed by atoms with Crippen LogP contribution < -0.4 is 5.32 Å². The SMILES string of the molecule is C/C=C(\C=C(/C)CC1=CCC=CC=C1)C(=C/NCC)/N=C\C=C\c1ccc(Br)cc1.C=C.CC.CC. The molecule has 0 radical (unpaired) electrons. The number of allylic oxidation sites excluding steroid dienone is 10. The van der Waals surface area contributed by atoms with E-state index in [1.807, 2.05) is 58.3 Å². The molecule has 0 spiro atoms. The first-order chi connectivity index (χ1) is 17.6. The van der Waals surface area contributed by atoms with Crippen molar-refractivity contribution in [3.8, 4) is 0 Å². The van der Waals surface area contributed by atoms with Gasteiger partial charge in [-0.1, -0.05) is 110 Å². The summed E-state index contributed by atoms with van der Waals surface area (Å²) in [6.07, 6.45) is 25.0. The number of hydrogen-bond donors (Lipinski definition) is 1. The summed E-state index contributed by atoms with van der Waals surface area (Å²) < 4.78 is 1.08. The molecule has 2 rings (SSSR count). The average molecular weight is 552 g/mol. The second kappa shape index (κ2) is 25.2. The van der Waals surface area contributed by atoms with Gasteiger partial charge in [-0.15, -0.1) is 13.2 Å². The van der Waals surface area contributed by atoms with E-state index >= 15 is 0 Å². The van der Waals surface area contributed by atoms with Crippen molar-refractivity contribution in [3.05, 3.63) is 125 Å². The molecule has 0 bridgehead atoms. The van der Waals surface area contributed by atoms with Crippen LogP contribution in [0.2, 0.25) is 0 Å². The Hall–Kier alpha value is -2.91. The van der Waals surface area contributed by atoms with E-state index in [0.717, 1.165) is 40.7 Å². The van der Waals surface area contributed by atoms with Gasteiger partial charge in [0.1, 0.15) is 0 Å². The molecule has 0 unspecified atom stereocenters. The van der Waals surface area contributed by atoms with Crippen LogP contribution in [0.4, 0.5) is 0 Å². The van der Waals surface area contributed by atoms with Crippen molar-refractivity contribution in [1.29, 1.82) is 0 Å². The summed E-state index contributed by atoms with van der Waals surface area (Å²) in [7, 11) is 0. The maximum atomic E-state index is 4.71. The first-order valence-corrected chi connectivity index (χ1v) is 13.7. The minimum Gasteiger partial charge on any atom is -0.389 e. The van der Waals surface area contributed by atoms with Gasteiger partial charge in [0, 0.05) is 23.4 Å². The molecule has 2 nitrogen and oxygen atoms in total. The zero-order valence-corrected chi connectivity index (χ0v) is 25.1. The Labute approximate surface area is 230 Å². The largest absolute Gasteiger partial charge is 0.389 e. The fourth-order valence-electron chi connectivity index (χ4n) is 2.94. The highest BCUT2D eigenvalue weighted by Crippen LogP contribution is 2.20. The Kier molecular flexibility index (Phi) is 24.7. The van der Waals surface area contributed by atoms with Gasteiger partial charge in [-0.05, 0) is 68.5 Å². The quantitative estimate of drug-likeness (QED) is 0.184. The number of benzene rings is 1. The van der Waals surface area contributed by atoms with E-state index in [1.54, 1.807) is 0 Å². The van der Waals surface area contributed by atoms with E-state index in [2.05, 4.69) is 116 Å². The number of aliphatic imine (C=N–C) groups is 1. The Morgan fingerprint density at radius 3 is 2.36 bits per heavy atom. The van der Waals surface area contributed by atoms with Crippen LogP contribution >= 0.6 is 15.9 Å². The lowest BCUT2D eigenvalue weighted by atomic mass is 10.0. The maximum Gasteiger partial charge on any atom is 0.0855 e. The highest BCUT2D eigenvalue weighted by molar-refractivity contribution is 9.10. The van der Waals surface area contributed by atoms with Crippen molar-refractivity contribution < 1.29 is 0 Å². The van der Waals surface area contributed by atoms with E-state index in [0.29, 0.717) is 0 Å². The Morgan fingerprint density at radius 2 is 1.75 bits per heavy atom. The molecular weight excluding hydrogens is 504 g/mol. The number of hydrogen-bond acceptors (Lipinski definition) is 2. The summed E-state index contributed by atoms with van der Waals surface area (Å²) in [5.74, 6) is 0. The van der Waals surface area contributed by atoms with Gasteiger partial charge in [-0.25, -0.2) is 0 Å². The molecule has 1 aromatic carbocycles. The molecule has 1 aliphatic carbocycles. The molecule has 0 fully saturated rings. The van der Waals surface area contributed by atoms with Crippen LogP contribution in [0.3, 0.4) is 0 Å². The van der Waals surface area contributed by atoms with Gasteiger partial charge in [0.2, 0.25) is 0 Å². The molecular formula is C33H47BrN2. The summed E-state index contributed by atoms with van der Waals surface area (Å²) >= 11 is 3.46. The lowest BCUT2D eigenvalue weighted by Crippen LogP contribution is -2.04. The Balaban J connectivity index is 0. The molecule has 0 aliphatic heterocycles. The van der Waals surface area contributed by atoms with E-state index in [4.69, 9.17) is 4.99 Å². The summed E-state index contributed by atoms with van der Waals surface area (Å²) in [6.45, 7) is 21.2. The predicted molar refractivity (Wildman–Crippen MR) is 170 cm³/mol. The van der Waals surface area contributed by atoms with Crippen molar-refractivity contribution in [3.63, 3.8) is 0 Å². The van der Waals surface area contributed by atoms with Gasteiger partial charge >= 0.3 is 0 Å². The van der Waals surface area contributed by atoms with Crippen LogP contribution in [0.25, 0.3) is 6.08 Å². The number of nitrogens with zero attached hydrogens (tertiary/aromatic N) is 1. The molecule has 1 aliphatic rings. The monoisotopic (exact) mass is 550 g/mol. The van der Waals surface area contributed by atoms with Crippen molar-refractivity contribution in [2.24, 2.45) is 4.99 Å². The molecule has 0 aromatic heterocycles. The molecule has 1 aromatic rings. The highest BCUT2D eigenvalue weighted by atomic mass is 79.9. The van der Waals surface area contributed by atoms with Gasteiger partial charge < -0.3 is 5.32 Å². The number of nitrogens with one attached hydrogen (secondary N) is 1. The summed E-state index contributed by atoms with van der Waals surface area (Å²) in [4.78, 5) is 4.71. The Morgan fingerprint density at radius 1 is 1.08 bits per heavy atom. The number of halogens is 1. The van der Waals surface area contributed by atoms with Crippen LogP contribution in [-0.2, 0) is 0 Å². The highest BCUT2D eigenvalue weighted by Gasteiger charge is 2.03. The molecule has 36 heavy (non-hydrogen) atoms. The predicted octanol–water partition coefficient (Wildman–Crippen LogP) is 10.6. The molecule has 0 atom stereocenters. The standard InChI is InChI=1S/C27H31BrN2.2C2H6.C2H4/c1-4-25(20-22(3)19-24-11-8-6-7-9-12-24)27(21-29-5-2)30-18-10-13-23-14-16-26(28)17-15-23;3*1-2/h4,6-8,10-18,20-21,29H,5,9,19H2,1-3H3;2*1-2H3;1-2H2/b13-10+,22-20+,25-4+,27-21-,30-18-;;;. The van der Waals surface area contributed by atoms with E-state index in [1.165, 1.54) is 11.1 Å². The average Bonchev–Trinajstić information content (AvgIpc) is 3.20. The van der Waals surface area contributed by atoms with Gasteiger partial charge in [-0.2, -0.15) is 0 Å². The van der Waals surface area contributed by atoms with E-state index in [9.17, 15) is 0 Å². The van der Waals surface area contributed by atoms with Crippen LogP contribution in [-0.4, -0.2) is 12.8 Å². The van der Waals surface area contributed by atoms with Crippen molar-refractivity contribution >= 4 is 28.2 Å². The van der Waals surface area contributed by atoms with E-state index < -0.39 is 0 Å². The summed E-state index contributed by atoms with van der Waals surface area (Å²) in [5.41, 5.74) is 5.83. The van der Waals surface area contributed by atoms with Gasteiger partial charge in [-0.3, -0.25) is 4.99 Å². The maximum absolute atomic E-state index is 4.71. The van der Waals surface area contributed by atoms with Crippen LogP contribution in [0.15, 0.2) is 124 Å². The van der Waals surface area contributed by atoms with Crippen LogP contribution in [0, 0.1) is 0 Å². The second-order valence-corrected chi connectivity index (χ2v) is 7.91. The molecule has 0 saturated carbocycles. The third kappa shape index (κ3) is 16.7. The zero-order valence-electron chi connectivity index (χ0n) is 23.5. The van der Waals surface area contributed by atoms with Crippen molar-refractivity contribution in [2.75, 3.05) is 6.54 Å². The lowest BCUT2D eigenvalue weighted by molar-refractivity contribution is 0.907. The van der Waals surface area contributed by atoms with Crippen molar-refractivity contribution in [2.45, 2.75) is 61.3 Å². The molecule has 0 amide bonds. The van der Waals surface area contributed by atoms with Crippen molar-refractivity contribution in [1.82, 2.24) is 5.32 Å². The normalized spacial score (nSPS) is 13.6. The third-order valence-electron chi connectivity index (χ3n) is 4.47. The zero-order chi connectivity index (χ0) is 27.6. The van der Waals surface area contributed by atoms with Crippen LogP contribution in [0.1, 0.15) is 66.9 Å². The minimum atomic E-state index is 0.859.